The first-order valence-corrected chi connectivity index (χ1v) is 5.45. The van der Waals surface area contributed by atoms with Crippen LogP contribution < -0.4 is 0 Å². The molecule has 2 heteroatoms. The number of likely N-dealkylation sites (N-methyl/N-ethyl adjacent to an activating group) is 1. The number of likely N-dealkylation sites (tertiary alicyclic amines) is 1. The monoisotopic (exact) mass is 190 g/mol. The Hall–Kier alpha value is -0.890. The summed E-state index contributed by atoms with van der Waals surface area (Å²) in [5.74, 6) is 0. The van der Waals surface area contributed by atoms with Crippen molar-refractivity contribution < 1.29 is 0 Å². The molecule has 76 valence electrons. The van der Waals surface area contributed by atoms with Crippen molar-refractivity contribution >= 4 is 0 Å². The molecule has 1 aromatic rings. The molecule has 2 heterocycles. The molecular weight excluding hydrogens is 172 g/mol. The topological polar surface area (TPSA) is 16.1 Å². The van der Waals surface area contributed by atoms with Gasteiger partial charge in [0.15, 0.2) is 0 Å². The van der Waals surface area contributed by atoms with E-state index >= 15 is 0 Å². The summed E-state index contributed by atoms with van der Waals surface area (Å²) in [5.41, 5.74) is 1.42. The van der Waals surface area contributed by atoms with Gasteiger partial charge in [-0.05, 0) is 50.6 Å². The first-order chi connectivity index (χ1) is 6.86. The minimum Gasteiger partial charge on any atom is -0.303 e. The molecule has 0 aliphatic carbocycles. The highest BCUT2D eigenvalue weighted by molar-refractivity contribution is 5.11. The van der Waals surface area contributed by atoms with Crippen LogP contribution in [-0.2, 0) is 6.42 Å². The number of rotatable bonds is 2. The van der Waals surface area contributed by atoms with Crippen molar-refractivity contribution in [2.24, 2.45) is 0 Å². The minimum atomic E-state index is 0.742. The van der Waals surface area contributed by atoms with Crippen LogP contribution in [0.2, 0.25) is 0 Å². The van der Waals surface area contributed by atoms with E-state index < -0.39 is 0 Å². The predicted octanol–water partition coefficient (Wildman–Crippen LogP) is 2.11. The highest BCUT2D eigenvalue weighted by atomic mass is 15.1. The fourth-order valence-electron chi connectivity index (χ4n) is 2.19. The largest absolute Gasteiger partial charge is 0.303 e. The highest BCUT2D eigenvalue weighted by Crippen LogP contribution is 2.18. The van der Waals surface area contributed by atoms with Crippen LogP contribution in [-0.4, -0.2) is 29.5 Å². The number of hydrogen-bond acceptors (Lipinski definition) is 2. The van der Waals surface area contributed by atoms with E-state index in [9.17, 15) is 0 Å². The maximum Gasteiger partial charge on any atom is 0.0270 e. The third-order valence-electron chi connectivity index (χ3n) is 3.14. The lowest BCUT2D eigenvalue weighted by Crippen LogP contribution is -2.37. The summed E-state index contributed by atoms with van der Waals surface area (Å²) in [6.07, 6.45) is 9.05. The molecule has 0 bridgehead atoms. The molecule has 0 radical (unpaired) electrons. The Bertz CT molecular complexity index is 271. The van der Waals surface area contributed by atoms with Crippen LogP contribution in [0.3, 0.4) is 0 Å². The van der Waals surface area contributed by atoms with Crippen LogP contribution in [0, 0.1) is 0 Å². The van der Waals surface area contributed by atoms with Crippen molar-refractivity contribution in [2.75, 3.05) is 13.6 Å². The third kappa shape index (κ3) is 2.32. The molecule has 1 unspecified atom stereocenters. The zero-order chi connectivity index (χ0) is 9.80. The molecule has 1 atom stereocenters. The summed E-state index contributed by atoms with van der Waals surface area (Å²) in [4.78, 5) is 6.53. The number of aromatic nitrogens is 1. The average molecular weight is 190 g/mol. The van der Waals surface area contributed by atoms with Gasteiger partial charge in [0, 0.05) is 18.4 Å². The number of nitrogens with zero attached hydrogens (tertiary/aromatic N) is 2. The van der Waals surface area contributed by atoms with E-state index in [-0.39, 0.29) is 0 Å². The molecule has 1 saturated heterocycles. The molecule has 2 rings (SSSR count). The number of piperidine rings is 1. The molecule has 0 aromatic carbocycles. The maximum absolute atomic E-state index is 4.04. The SMILES string of the molecule is CN1CCCCC1Cc1ccncc1. The van der Waals surface area contributed by atoms with Crippen LogP contribution in [0.5, 0.6) is 0 Å². The molecule has 0 N–H and O–H groups in total. The summed E-state index contributed by atoms with van der Waals surface area (Å²) in [6, 6.07) is 5.00. The van der Waals surface area contributed by atoms with Gasteiger partial charge in [-0.2, -0.15) is 0 Å². The van der Waals surface area contributed by atoms with Crippen LogP contribution in [0.25, 0.3) is 0 Å². The van der Waals surface area contributed by atoms with E-state index in [1.165, 1.54) is 37.8 Å². The van der Waals surface area contributed by atoms with Gasteiger partial charge in [-0.1, -0.05) is 6.42 Å². The molecule has 14 heavy (non-hydrogen) atoms. The molecule has 1 aliphatic rings. The summed E-state index contributed by atoms with van der Waals surface area (Å²) < 4.78 is 0. The van der Waals surface area contributed by atoms with E-state index in [2.05, 4.69) is 29.1 Å². The van der Waals surface area contributed by atoms with E-state index in [0.29, 0.717) is 0 Å². The molecule has 0 saturated carbocycles. The Morgan fingerprint density at radius 2 is 2.14 bits per heavy atom. The average Bonchev–Trinajstić information content (AvgIpc) is 2.23. The van der Waals surface area contributed by atoms with Crippen molar-refractivity contribution in [1.29, 1.82) is 0 Å². The second kappa shape index (κ2) is 4.56. The second-order valence-corrected chi connectivity index (χ2v) is 4.19. The zero-order valence-corrected chi connectivity index (χ0v) is 8.82. The van der Waals surface area contributed by atoms with Crippen molar-refractivity contribution in [2.45, 2.75) is 31.7 Å². The molecule has 1 aromatic heterocycles. The predicted molar refractivity (Wildman–Crippen MR) is 58.2 cm³/mol. The first-order valence-electron chi connectivity index (χ1n) is 5.45. The van der Waals surface area contributed by atoms with Crippen molar-refractivity contribution in [3.8, 4) is 0 Å². The highest BCUT2D eigenvalue weighted by Gasteiger charge is 2.18. The number of pyridine rings is 1. The quantitative estimate of drug-likeness (QED) is 0.710. The van der Waals surface area contributed by atoms with Gasteiger partial charge in [0.2, 0.25) is 0 Å². The van der Waals surface area contributed by atoms with Crippen molar-refractivity contribution in [3.05, 3.63) is 30.1 Å². The van der Waals surface area contributed by atoms with Gasteiger partial charge in [-0.15, -0.1) is 0 Å². The lowest BCUT2D eigenvalue weighted by molar-refractivity contribution is 0.184. The van der Waals surface area contributed by atoms with E-state index in [0.717, 1.165) is 6.04 Å². The molecule has 1 fully saturated rings. The summed E-state index contributed by atoms with van der Waals surface area (Å²) >= 11 is 0. The normalized spacial score (nSPS) is 23.6. The van der Waals surface area contributed by atoms with Gasteiger partial charge in [-0.3, -0.25) is 4.98 Å². The van der Waals surface area contributed by atoms with Crippen molar-refractivity contribution in [1.82, 2.24) is 9.88 Å². The Labute approximate surface area is 86.0 Å². The summed E-state index contributed by atoms with van der Waals surface area (Å²) in [6.45, 7) is 1.26. The lowest BCUT2D eigenvalue weighted by atomic mass is 9.97. The summed E-state index contributed by atoms with van der Waals surface area (Å²) in [7, 11) is 2.24. The summed E-state index contributed by atoms with van der Waals surface area (Å²) in [5, 5.41) is 0. The van der Waals surface area contributed by atoms with Gasteiger partial charge < -0.3 is 4.90 Å². The van der Waals surface area contributed by atoms with E-state index in [1.807, 2.05) is 12.4 Å². The molecular formula is C12H18N2. The lowest BCUT2D eigenvalue weighted by Gasteiger charge is -2.32. The van der Waals surface area contributed by atoms with Crippen LogP contribution in [0.15, 0.2) is 24.5 Å². The van der Waals surface area contributed by atoms with E-state index in [1.54, 1.807) is 0 Å². The Balaban J connectivity index is 1.96. The van der Waals surface area contributed by atoms with Crippen LogP contribution in [0.1, 0.15) is 24.8 Å². The zero-order valence-electron chi connectivity index (χ0n) is 8.82. The van der Waals surface area contributed by atoms with Gasteiger partial charge in [0.1, 0.15) is 0 Å². The van der Waals surface area contributed by atoms with Gasteiger partial charge >= 0.3 is 0 Å². The van der Waals surface area contributed by atoms with Crippen LogP contribution >= 0.6 is 0 Å². The fourth-order valence-corrected chi connectivity index (χ4v) is 2.19. The second-order valence-electron chi connectivity index (χ2n) is 4.19. The number of hydrogen-bond donors (Lipinski definition) is 0. The molecule has 0 spiro atoms. The maximum atomic E-state index is 4.04. The van der Waals surface area contributed by atoms with Crippen LogP contribution in [0.4, 0.5) is 0 Å². The Kier molecular flexibility index (Phi) is 3.14. The van der Waals surface area contributed by atoms with Gasteiger partial charge in [0.25, 0.3) is 0 Å². The molecule has 2 nitrogen and oxygen atoms in total. The van der Waals surface area contributed by atoms with Crippen molar-refractivity contribution in [3.63, 3.8) is 0 Å². The first kappa shape index (κ1) is 9.66. The van der Waals surface area contributed by atoms with E-state index in [4.69, 9.17) is 0 Å². The standard InChI is InChI=1S/C12H18N2/c1-14-9-3-2-4-12(14)10-11-5-7-13-8-6-11/h5-8,12H,2-4,9-10H2,1H3. The van der Waals surface area contributed by atoms with Gasteiger partial charge in [-0.25, -0.2) is 0 Å². The third-order valence-corrected chi connectivity index (χ3v) is 3.14. The Morgan fingerprint density at radius 3 is 2.86 bits per heavy atom. The smallest absolute Gasteiger partial charge is 0.0270 e. The molecule has 0 amide bonds. The fraction of sp³-hybridized carbons (Fsp3) is 0.583. The Morgan fingerprint density at radius 1 is 1.36 bits per heavy atom. The van der Waals surface area contributed by atoms with Gasteiger partial charge in [0.05, 0.1) is 0 Å². The minimum absolute atomic E-state index is 0.742. The molecule has 1 aliphatic heterocycles.